The number of hydrogen-bond acceptors (Lipinski definition) is 3. The zero-order valence-corrected chi connectivity index (χ0v) is 9.11. The van der Waals surface area contributed by atoms with Crippen LogP contribution in [0.1, 0.15) is 23.8 Å². The van der Waals surface area contributed by atoms with Crippen molar-refractivity contribution >= 4 is 5.91 Å². The predicted molar refractivity (Wildman–Crippen MR) is 57.4 cm³/mol. The van der Waals surface area contributed by atoms with Crippen molar-refractivity contribution in [2.24, 2.45) is 5.92 Å². The summed E-state index contributed by atoms with van der Waals surface area (Å²) < 4.78 is 12.7. The molecule has 1 rings (SSSR count). The highest BCUT2D eigenvalue weighted by Gasteiger charge is 2.09. The Morgan fingerprint density at radius 3 is 3.00 bits per heavy atom. The van der Waals surface area contributed by atoms with Crippen molar-refractivity contribution in [3.05, 3.63) is 29.8 Å². The van der Waals surface area contributed by atoms with Gasteiger partial charge in [-0.15, -0.1) is 0 Å². The van der Waals surface area contributed by atoms with E-state index in [0.29, 0.717) is 13.0 Å². The van der Waals surface area contributed by atoms with Gasteiger partial charge < -0.3 is 10.4 Å². The summed E-state index contributed by atoms with van der Waals surface area (Å²) >= 11 is 0. The first-order valence-corrected chi connectivity index (χ1v) is 5.15. The summed E-state index contributed by atoms with van der Waals surface area (Å²) in [6, 6.07) is 4.08. The van der Waals surface area contributed by atoms with Gasteiger partial charge in [-0.2, -0.15) is 4.39 Å². The van der Waals surface area contributed by atoms with Crippen molar-refractivity contribution in [1.29, 1.82) is 0 Å². The number of carbonyl (C=O) groups excluding carboxylic acids is 1. The Morgan fingerprint density at radius 1 is 1.62 bits per heavy atom. The molecule has 0 aliphatic heterocycles. The first kappa shape index (κ1) is 12.6. The number of halogens is 1. The number of nitrogens with zero attached hydrogens (tertiary/aromatic N) is 1. The SMILES string of the molecule is CC(CCO)CNC(=O)c1cccc(F)n1. The summed E-state index contributed by atoms with van der Waals surface area (Å²) in [5.74, 6) is -0.886. The number of aliphatic hydroxyl groups excluding tert-OH is 1. The molecule has 0 bridgehead atoms. The number of nitrogens with one attached hydrogen (secondary N) is 1. The van der Waals surface area contributed by atoms with Gasteiger partial charge in [-0.3, -0.25) is 4.79 Å². The summed E-state index contributed by atoms with van der Waals surface area (Å²) in [4.78, 5) is 15.0. The van der Waals surface area contributed by atoms with Gasteiger partial charge in [-0.05, 0) is 24.5 Å². The quantitative estimate of drug-likeness (QED) is 0.735. The van der Waals surface area contributed by atoms with Gasteiger partial charge in [0.1, 0.15) is 5.69 Å². The maximum atomic E-state index is 12.7. The van der Waals surface area contributed by atoms with Crippen LogP contribution < -0.4 is 5.32 Å². The molecule has 0 radical (unpaired) electrons. The van der Waals surface area contributed by atoms with Crippen LogP contribution in [0.2, 0.25) is 0 Å². The maximum absolute atomic E-state index is 12.7. The fourth-order valence-electron chi connectivity index (χ4n) is 1.21. The molecule has 0 saturated carbocycles. The molecule has 0 fully saturated rings. The van der Waals surface area contributed by atoms with Crippen molar-refractivity contribution in [2.45, 2.75) is 13.3 Å². The third-order valence-corrected chi connectivity index (χ3v) is 2.18. The lowest BCUT2D eigenvalue weighted by Gasteiger charge is -2.10. The molecule has 1 aromatic heterocycles. The van der Waals surface area contributed by atoms with Crippen molar-refractivity contribution in [1.82, 2.24) is 10.3 Å². The molecule has 5 heteroatoms. The molecule has 88 valence electrons. The molecule has 0 aliphatic carbocycles. The molecule has 1 atom stereocenters. The van der Waals surface area contributed by atoms with Gasteiger partial charge in [0.15, 0.2) is 0 Å². The molecule has 1 heterocycles. The average molecular weight is 226 g/mol. The molecule has 0 aliphatic rings. The highest BCUT2D eigenvalue weighted by Crippen LogP contribution is 2.00. The van der Waals surface area contributed by atoms with Gasteiger partial charge >= 0.3 is 0 Å². The second-order valence-corrected chi connectivity index (χ2v) is 3.67. The van der Waals surface area contributed by atoms with E-state index in [-0.39, 0.29) is 18.2 Å². The molecule has 0 aromatic carbocycles. The molecule has 1 aromatic rings. The van der Waals surface area contributed by atoms with Crippen LogP contribution in [0.4, 0.5) is 4.39 Å². The van der Waals surface area contributed by atoms with Gasteiger partial charge in [0, 0.05) is 13.2 Å². The van der Waals surface area contributed by atoms with E-state index < -0.39 is 11.9 Å². The van der Waals surface area contributed by atoms with Gasteiger partial charge in [-0.25, -0.2) is 4.98 Å². The fraction of sp³-hybridized carbons (Fsp3) is 0.455. The van der Waals surface area contributed by atoms with E-state index in [9.17, 15) is 9.18 Å². The van der Waals surface area contributed by atoms with E-state index in [1.165, 1.54) is 18.2 Å². The zero-order valence-electron chi connectivity index (χ0n) is 9.11. The lowest BCUT2D eigenvalue weighted by atomic mass is 10.1. The van der Waals surface area contributed by atoms with E-state index in [4.69, 9.17) is 5.11 Å². The lowest BCUT2D eigenvalue weighted by molar-refractivity contribution is 0.0939. The number of pyridine rings is 1. The smallest absolute Gasteiger partial charge is 0.270 e. The first-order valence-electron chi connectivity index (χ1n) is 5.15. The Bertz CT molecular complexity index is 358. The van der Waals surface area contributed by atoms with Crippen LogP contribution in [-0.2, 0) is 0 Å². The Morgan fingerprint density at radius 2 is 2.38 bits per heavy atom. The van der Waals surface area contributed by atoms with Crippen molar-refractivity contribution < 1.29 is 14.3 Å². The molecule has 1 amide bonds. The number of rotatable bonds is 5. The van der Waals surface area contributed by atoms with Crippen LogP contribution >= 0.6 is 0 Å². The molecule has 16 heavy (non-hydrogen) atoms. The second-order valence-electron chi connectivity index (χ2n) is 3.67. The Balaban J connectivity index is 2.47. The van der Waals surface area contributed by atoms with Crippen molar-refractivity contribution in [3.8, 4) is 0 Å². The van der Waals surface area contributed by atoms with Crippen molar-refractivity contribution in [3.63, 3.8) is 0 Å². The van der Waals surface area contributed by atoms with Crippen LogP contribution in [0.5, 0.6) is 0 Å². The van der Waals surface area contributed by atoms with Gasteiger partial charge in [0.25, 0.3) is 5.91 Å². The second kappa shape index (κ2) is 6.17. The first-order chi connectivity index (χ1) is 7.63. The number of aliphatic hydroxyl groups is 1. The minimum atomic E-state index is -0.670. The summed E-state index contributed by atoms with van der Waals surface area (Å²) in [6.45, 7) is 2.45. The third kappa shape index (κ3) is 3.94. The largest absolute Gasteiger partial charge is 0.396 e. The highest BCUT2D eigenvalue weighted by atomic mass is 19.1. The highest BCUT2D eigenvalue weighted by molar-refractivity contribution is 5.92. The standard InChI is InChI=1S/C11H15FN2O2/c1-8(5-6-15)7-13-11(16)9-3-2-4-10(12)14-9/h2-4,8,15H,5-7H2,1H3,(H,13,16). The van der Waals surface area contributed by atoms with E-state index >= 15 is 0 Å². The minimum Gasteiger partial charge on any atom is -0.396 e. The van der Waals surface area contributed by atoms with Crippen LogP contribution in [0.15, 0.2) is 18.2 Å². The summed E-state index contributed by atoms with van der Waals surface area (Å²) in [6.07, 6.45) is 0.622. The molecular weight excluding hydrogens is 211 g/mol. The number of aromatic nitrogens is 1. The molecule has 0 spiro atoms. The number of hydrogen-bond donors (Lipinski definition) is 2. The Hall–Kier alpha value is -1.49. The molecule has 0 saturated heterocycles. The van der Waals surface area contributed by atoms with E-state index in [1.54, 1.807) is 0 Å². The Kier molecular flexibility index (Phi) is 4.85. The topological polar surface area (TPSA) is 62.2 Å². The summed E-state index contributed by atoms with van der Waals surface area (Å²) in [5.41, 5.74) is 0.0659. The minimum absolute atomic E-state index is 0.0659. The van der Waals surface area contributed by atoms with Crippen LogP contribution in [-0.4, -0.2) is 29.1 Å². The van der Waals surface area contributed by atoms with Gasteiger partial charge in [-0.1, -0.05) is 13.0 Å². The Labute approximate surface area is 93.5 Å². The fourth-order valence-corrected chi connectivity index (χ4v) is 1.21. The maximum Gasteiger partial charge on any atom is 0.270 e. The molecule has 4 nitrogen and oxygen atoms in total. The number of carbonyl (C=O) groups is 1. The predicted octanol–water partition coefficient (Wildman–Crippen LogP) is 0.969. The van der Waals surface area contributed by atoms with Gasteiger partial charge in [0.05, 0.1) is 0 Å². The average Bonchev–Trinajstić information content (AvgIpc) is 2.26. The monoisotopic (exact) mass is 226 g/mol. The molecule has 1 unspecified atom stereocenters. The number of amides is 1. The summed E-state index contributed by atoms with van der Waals surface area (Å²) in [5, 5.41) is 11.3. The zero-order chi connectivity index (χ0) is 12.0. The molecule has 2 N–H and O–H groups in total. The normalized spacial score (nSPS) is 12.2. The van der Waals surface area contributed by atoms with Gasteiger partial charge in [0.2, 0.25) is 5.95 Å². The summed E-state index contributed by atoms with van der Waals surface area (Å²) in [7, 11) is 0. The van der Waals surface area contributed by atoms with Crippen molar-refractivity contribution in [2.75, 3.05) is 13.2 Å². The third-order valence-electron chi connectivity index (χ3n) is 2.18. The van der Waals surface area contributed by atoms with E-state index in [2.05, 4.69) is 10.3 Å². The van der Waals surface area contributed by atoms with Crippen LogP contribution in [0.25, 0.3) is 0 Å². The van der Waals surface area contributed by atoms with E-state index in [1.807, 2.05) is 6.92 Å². The molecular formula is C11H15FN2O2. The van der Waals surface area contributed by atoms with Crippen LogP contribution in [0, 0.1) is 11.9 Å². The van der Waals surface area contributed by atoms with E-state index in [0.717, 1.165) is 0 Å². The lowest BCUT2D eigenvalue weighted by Crippen LogP contribution is -2.29. The van der Waals surface area contributed by atoms with Crippen LogP contribution in [0.3, 0.4) is 0 Å².